The number of hydrogen-bond acceptors (Lipinski definition) is 5. The molecule has 4 N–H and O–H groups in total. The molecule has 4 atom stereocenters. The second kappa shape index (κ2) is 6.91. The monoisotopic (exact) mass is 308 g/mol. The van der Waals surface area contributed by atoms with Gasteiger partial charge in [-0.05, 0) is 18.8 Å². The van der Waals surface area contributed by atoms with Gasteiger partial charge in [-0.25, -0.2) is 4.79 Å². The minimum atomic E-state index is -1.36. The minimum absolute atomic E-state index is 0.138. The average Bonchev–Trinajstić information content (AvgIpc) is 3.23. The highest BCUT2D eigenvalue weighted by atomic mass is 35.5. The molecule has 2 rings (SSSR count). The number of aliphatic hydroxyl groups is 3. The Morgan fingerprint density at radius 3 is 2.60 bits per heavy atom. The van der Waals surface area contributed by atoms with Gasteiger partial charge in [0.2, 0.25) is 0 Å². The highest BCUT2D eigenvalue weighted by Gasteiger charge is 2.39. The van der Waals surface area contributed by atoms with Gasteiger partial charge in [0.25, 0.3) is 0 Å². The van der Waals surface area contributed by atoms with Crippen molar-refractivity contribution in [2.45, 2.75) is 37.4 Å². The fourth-order valence-electron chi connectivity index (χ4n) is 2.14. The Morgan fingerprint density at radius 1 is 1.30 bits per heavy atom. The summed E-state index contributed by atoms with van der Waals surface area (Å²) in [4.78, 5) is 13.7. The summed E-state index contributed by atoms with van der Waals surface area (Å²) in [7, 11) is 0. The first-order valence-corrected chi connectivity index (χ1v) is 7.33. The van der Waals surface area contributed by atoms with Crippen molar-refractivity contribution in [3.63, 3.8) is 0 Å². The zero-order valence-corrected chi connectivity index (χ0v) is 11.9. The molecule has 1 saturated carbocycles. The Labute approximate surface area is 122 Å². The molecule has 2 amide bonds. The maximum Gasteiger partial charge on any atom is 0.319 e. The molecule has 7 nitrogen and oxygen atoms in total. The van der Waals surface area contributed by atoms with Gasteiger partial charge in [-0.3, -0.25) is 0 Å². The number of alkyl halides is 1. The first-order chi connectivity index (χ1) is 9.52. The molecule has 2 aliphatic rings. The van der Waals surface area contributed by atoms with Crippen LogP contribution < -0.4 is 5.32 Å². The lowest BCUT2D eigenvalue weighted by Crippen LogP contribution is -2.60. The van der Waals surface area contributed by atoms with Gasteiger partial charge in [0, 0.05) is 19.0 Å². The minimum Gasteiger partial charge on any atom is -0.388 e. The number of carbonyl (C=O) groups is 1. The summed E-state index contributed by atoms with van der Waals surface area (Å²) in [6.07, 6.45) is -2.65. The van der Waals surface area contributed by atoms with Gasteiger partial charge in [0.15, 0.2) is 6.23 Å². The van der Waals surface area contributed by atoms with E-state index in [9.17, 15) is 20.1 Å². The number of aliphatic hydroxyl groups excluding tert-OH is 3. The molecule has 116 valence electrons. The molecule has 1 aliphatic carbocycles. The van der Waals surface area contributed by atoms with Crippen LogP contribution in [0.4, 0.5) is 4.79 Å². The van der Waals surface area contributed by atoms with Crippen molar-refractivity contribution in [2.24, 2.45) is 5.92 Å². The number of urea groups is 1. The van der Waals surface area contributed by atoms with E-state index in [0.29, 0.717) is 24.9 Å². The SMILES string of the molecule is O=C(NC1OC[C@@H](O)[C@H](O)[C@H]1O)N(CCCl)CC1CC1. The summed E-state index contributed by atoms with van der Waals surface area (Å²) >= 11 is 5.68. The predicted molar refractivity (Wildman–Crippen MR) is 71.3 cm³/mol. The first-order valence-electron chi connectivity index (χ1n) is 6.80. The number of hydrogen-bond donors (Lipinski definition) is 4. The Bertz CT molecular complexity index is 342. The largest absolute Gasteiger partial charge is 0.388 e. The molecule has 1 aliphatic heterocycles. The number of amides is 2. The Balaban J connectivity index is 1.87. The van der Waals surface area contributed by atoms with E-state index in [1.165, 1.54) is 0 Å². The number of nitrogens with one attached hydrogen (secondary N) is 1. The molecule has 20 heavy (non-hydrogen) atoms. The van der Waals surface area contributed by atoms with Crippen LogP contribution in [0.1, 0.15) is 12.8 Å². The lowest BCUT2D eigenvalue weighted by molar-refractivity contribution is -0.192. The van der Waals surface area contributed by atoms with E-state index < -0.39 is 24.5 Å². The van der Waals surface area contributed by atoms with Gasteiger partial charge in [-0.1, -0.05) is 0 Å². The van der Waals surface area contributed by atoms with Crippen LogP contribution in [0, 0.1) is 5.92 Å². The Hall–Kier alpha value is -0.600. The highest BCUT2D eigenvalue weighted by molar-refractivity contribution is 6.18. The van der Waals surface area contributed by atoms with E-state index in [1.54, 1.807) is 4.90 Å². The molecule has 0 aromatic heterocycles. The fraction of sp³-hybridized carbons (Fsp3) is 0.917. The average molecular weight is 309 g/mol. The summed E-state index contributed by atoms with van der Waals surface area (Å²) in [5, 5.41) is 31.2. The summed E-state index contributed by atoms with van der Waals surface area (Å²) < 4.78 is 5.14. The lowest BCUT2D eigenvalue weighted by Gasteiger charge is -2.36. The van der Waals surface area contributed by atoms with E-state index >= 15 is 0 Å². The Kier molecular flexibility index (Phi) is 5.45. The lowest BCUT2D eigenvalue weighted by atomic mass is 10.0. The molecule has 8 heteroatoms. The quantitative estimate of drug-likeness (QED) is 0.492. The first kappa shape index (κ1) is 15.8. The van der Waals surface area contributed by atoms with E-state index in [0.717, 1.165) is 12.8 Å². The smallest absolute Gasteiger partial charge is 0.319 e. The van der Waals surface area contributed by atoms with Gasteiger partial charge in [0.05, 0.1) is 6.61 Å². The molecular weight excluding hydrogens is 288 g/mol. The maximum atomic E-state index is 12.1. The van der Waals surface area contributed by atoms with Crippen molar-refractivity contribution >= 4 is 17.6 Å². The molecule has 0 aromatic carbocycles. The number of ether oxygens (including phenoxy) is 1. The normalized spacial score (nSPS) is 33.8. The van der Waals surface area contributed by atoms with Crippen molar-refractivity contribution < 1.29 is 24.9 Å². The van der Waals surface area contributed by atoms with Crippen molar-refractivity contribution in [2.75, 3.05) is 25.6 Å². The molecule has 0 bridgehead atoms. The molecule has 2 fully saturated rings. The topological polar surface area (TPSA) is 102 Å². The molecule has 0 aromatic rings. The third-order valence-corrected chi connectivity index (χ3v) is 3.75. The van der Waals surface area contributed by atoms with E-state index in [2.05, 4.69) is 5.32 Å². The van der Waals surface area contributed by atoms with Crippen LogP contribution in [0.15, 0.2) is 0 Å². The van der Waals surface area contributed by atoms with E-state index in [-0.39, 0.29) is 12.6 Å². The van der Waals surface area contributed by atoms with Crippen molar-refractivity contribution in [3.05, 3.63) is 0 Å². The molecule has 1 unspecified atom stereocenters. The van der Waals surface area contributed by atoms with E-state index in [1.807, 2.05) is 0 Å². The summed E-state index contributed by atoms with van der Waals surface area (Å²) in [5.74, 6) is 0.851. The summed E-state index contributed by atoms with van der Waals surface area (Å²) in [5.41, 5.74) is 0. The third kappa shape index (κ3) is 3.95. The van der Waals surface area contributed by atoms with Crippen molar-refractivity contribution in [3.8, 4) is 0 Å². The van der Waals surface area contributed by atoms with Crippen LogP contribution in [-0.2, 0) is 4.74 Å². The molecule has 1 saturated heterocycles. The molecule has 1 heterocycles. The molecule has 0 spiro atoms. The second-order valence-corrected chi connectivity index (χ2v) is 5.71. The second-order valence-electron chi connectivity index (χ2n) is 5.33. The third-order valence-electron chi connectivity index (χ3n) is 3.58. The van der Waals surface area contributed by atoms with Crippen LogP contribution in [-0.4, -0.2) is 76.4 Å². The fourth-order valence-corrected chi connectivity index (χ4v) is 2.34. The Morgan fingerprint density at radius 2 is 2.00 bits per heavy atom. The number of halogens is 1. The standard InChI is InChI=1S/C12H21ClN2O5/c13-3-4-15(5-7-1-2-7)12(19)14-11-10(18)9(17)8(16)6-20-11/h7-11,16-18H,1-6H2,(H,14,19)/t8-,9+,10-,11?/m1/s1. The van der Waals surface area contributed by atoms with Gasteiger partial charge >= 0.3 is 6.03 Å². The number of carbonyl (C=O) groups excluding carboxylic acids is 1. The van der Waals surface area contributed by atoms with Crippen molar-refractivity contribution in [1.29, 1.82) is 0 Å². The zero-order chi connectivity index (χ0) is 14.7. The molecular formula is C12H21ClN2O5. The summed E-state index contributed by atoms with van der Waals surface area (Å²) in [6.45, 7) is 0.908. The maximum absolute atomic E-state index is 12.1. The molecule has 0 radical (unpaired) electrons. The highest BCUT2D eigenvalue weighted by Crippen LogP contribution is 2.29. The van der Waals surface area contributed by atoms with Crippen molar-refractivity contribution in [1.82, 2.24) is 10.2 Å². The predicted octanol–water partition coefficient (Wildman–Crippen LogP) is -0.914. The van der Waals surface area contributed by atoms with Crippen LogP contribution in [0.3, 0.4) is 0 Å². The van der Waals surface area contributed by atoms with Gasteiger partial charge < -0.3 is 30.3 Å². The van der Waals surface area contributed by atoms with Crippen LogP contribution >= 0.6 is 11.6 Å². The van der Waals surface area contributed by atoms with Crippen LogP contribution in [0.2, 0.25) is 0 Å². The van der Waals surface area contributed by atoms with Gasteiger partial charge in [0.1, 0.15) is 18.3 Å². The number of rotatable bonds is 5. The van der Waals surface area contributed by atoms with Gasteiger partial charge in [-0.2, -0.15) is 0 Å². The van der Waals surface area contributed by atoms with Gasteiger partial charge in [-0.15, -0.1) is 11.6 Å². The zero-order valence-electron chi connectivity index (χ0n) is 11.1. The number of nitrogens with zero attached hydrogens (tertiary/aromatic N) is 1. The van der Waals surface area contributed by atoms with Crippen LogP contribution in [0.25, 0.3) is 0 Å². The van der Waals surface area contributed by atoms with E-state index in [4.69, 9.17) is 16.3 Å². The summed E-state index contributed by atoms with van der Waals surface area (Å²) in [6, 6.07) is -0.384. The van der Waals surface area contributed by atoms with Crippen LogP contribution in [0.5, 0.6) is 0 Å².